The number of hydrogen-bond donors (Lipinski definition) is 0. The largest absolute Gasteiger partial charge is 0.469 e. The zero-order valence-corrected chi connectivity index (χ0v) is 16.4. The molecule has 0 aromatic heterocycles. The average Bonchev–Trinajstić information content (AvgIpc) is 2.49. The normalized spacial score (nSPS) is 14.3. The predicted octanol–water partition coefficient (Wildman–Crippen LogP) is 3.79. The Labute approximate surface area is 145 Å². The minimum atomic E-state index is -2.94. The average molecular weight is 362 g/mol. The van der Waals surface area contributed by atoms with E-state index < -0.39 is 13.3 Å². The van der Waals surface area contributed by atoms with Gasteiger partial charge in [-0.3, -0.25) is 9.36 Å². The second-order valence-electron chi connectivity index (χ2n) is 5.89. The molecule has 0 radical (unpaired) electrons. The van der Waals surface area contributed by atoms with E-state index in [1.807, 2.05) is 13.8 Å². The van der Waals surface area contributed by atoms with Gasteiger partial charge in [-0.25, -0.2) is 4.79 Å². The first-order valence-corrected chi connectivity index (χ1v) is 10.4. The minimum absolute atomic E-state index is 0.0656. The lowest BCUT2D eigenvalue weighted by atomic mass is 10.2. The minimum Gasteiger partial charge on any atom is -0.469 e. The van der Waals surface area contributed by atoms with Gasteiger partial charge in [0.05, 0.1) is 26.5 Å². The predicted molar refractivity (Wildman–Crippen MR) is 94.4 cm³/mol. The standard InChI is InChI=1S/C17H31O6P/c1-6-22-17(19)15(10-8-9-11-16(18)21-5)13-24(20,23-7-2)12-14(3)4/h10,14H,6-9,11-13H2,1-5H3/b15-10-. The summed E-state index contributed by atoms with van der Waals surface area (Å²) in [5, 5.41) is 0. The van der Waals surface area contributed by atoms with Gasteiger partial charge in [0.15, 0.2) is 0 Å². The number of ether oxygens (including phenoxy) is 2. The van der Waals surface area contributed by atoms with Crippen molar-refractivity contribution in [2.24, 2.45) is 5.92 Å². The number of esters is 2. The molecule has 1 atom stereocenters. The maximum absolute atomic E-state index is 13.0. The van der Waals surface area contributed by atoms with Gasteiger partial charge in [0, 0.05) is 18.2 Å². The van der Waals surface area contributed by atoms with Crippen LogP contribution in [0.25, 0.3) is 0 Å². The van der Waals surface area contributed by atoms with Crippen molar-refractivity contribution in [2.75, 3.05) is 32.6 Å². The van der Waals surface area contributed by atoms with Crippen LogP contribution in [0.15, 0.2) is 11.6 Å². The van der Waals surface area contributed by atoms with E-state index >= 15 is 0 Å². The van der Waals surface area contributed by atoms with E-state index in [0.717, 1.165) is 0 Å². The lowest BCUT2D eigenvalue weighted by Crippen LogP contribution is -2.15. The lowest BCUT2D eigenvalue weighted by molar-refractivity contribution is -0.140. The molecular formula is C17H31O6P. The van der Waals surface area contributed by atoms with Crippen molar-refractivity contribution in [2.45, 2.75) is 47.0 Å². The molecule has 0 bridgehead atoms. The van der Waals surface area contributed by atoms with Gasteiger partial charge in [0.25, 0.3) is 0 Å². The van der Waals surface area contributed by atoms with Gasteiger partial charge in [0.2, 0.25) is 7.37 Å². The molecule has 0 aliphatic heterocycles. The molecule has 0 aromatic carbocycles. The molecule has 0 amide bonds. The maximum Gasteiger partial charge on any atom is 0.334 e. The van der Waals surface area contributed by atoms with Crippen molar-refractivity contribution < 1.29 is 28.2 Å². The van der Waals surface area contributed by atoms with Crippen LogP contribution < -0.4 is 0 Å². The van der Waals surface area contributed by atoms with Crippen molar-refractivity contribution in [1.82, 2.24) is 0 Å². The zero-order chi connectivity index (χ0) is 18.6. The lowest BCUT2D eigenvalue weighted by Gasteiger charge is -2.20. The summed E-state index contributed by atoms with van der Waals surface area (Å²) in [5.74, 6) is -0.565. The van der Waals surface area contributed by atoms with E-state index in [0.29, 0.717) is 31.2 Å². The first-order chi connectivity index (χ1) is 11.3. The second-order valence-corrected chi connectivity index (χ2v) is 8.45. The number of carbonyl (C=O) groups is 2. The molecule has 0 aromatic rings. The fraction of sp³-hybridized carbons (Fsp3) is 0.765. The van der Waals surface area contributed by atoms with Crippen molar-refractivity contribution in [3.05, 3.63) is 11.6 Å². The van der Waals surface area contributed by atoms with Gasteiger partial charge in [-0.1, -0.05) is 19.9 Å². The Morgan fingerprint density at radius 2 is 1.83 bits per heavy atom. The summed E-state index contributed by atoms with van der Waals surface area (Å²) >= 11 is 0. The highest BCUT2D eigenvalue weighted by Gasteiger charge is 2.28. The first kappa shape index (κ1) is 22.9. The van der Waals surface area contributed by atoms with Gasteiger partial charge >= 0.3 is 11.9 Å². The third-order valence-electron chi connectivity index (χ3n) is 3.16. The third kappa shape index (κ3) is 9.89. The fourth-order valence-electron chi connectivity index (χ4n) is 2.28. The molecular weight excluding hydrogens is 331 g/mol. The van der Waals surface area contributed by atoms with Gasteiger partial charge in [-0.05, 0) is 32.6 Å². The molecule has 0 heterocycles. The Morgan fingerprint density at radius 1 is 1.17 bits per heavy atom. The molecule has 0 aliphatic rings. The highest BCUT2D eigenvalue weighted by atomic mass is 31.2. The van der Waals surface area contributed by atoms with Crippen LogP contribution in [0.3, 0.4) is 0 Å². The summed E-state index contributed by atoms with van der Waals surface area (Å²) in [6.07, 6.45) is 3.52. The molecule has 0 aliphatic carbocycles. The van der Waals surface area contributed by atoms with Crippen molar-refractivity contribution >= 4 is 19.3 Å². The van der Waals surface area contributed by atoms with E-state index in [1.54, 1.807) is 19.9 Å². The number of hydrogen-bond acceptors (Lipinski definition) is 6. The molecule has 0 saturated carbocycles. The van der Waals surface area contributed by atoms with Gasteiger partial charge in [0.1, 0.15) is 0 Å². The number of carbonyl (C=O) groups excluding carboxylic acids is 2. The molecule has 6 nitrogen and oxygen atoms in total. The summed E-state index contributed by atoms with van der Waals surface area (Å²) < 4.78 is 28.1. The van der Waals surface area contributed by atoms with E-state index in [1.165, 1.54) is 7.11 Å². The maximum atomic E-state index is 13.0. The smallest absolute Gasteiger partial charge is 0.334 e. The van der Waals surface area contributed by atoms with Crippen LogP contribution in [0.1, 0.15) is 47.0 Å². The molecule has 24 heavy (non-hydrogen) atoms. The van der Waals surface area contributed by atoms with E-state index in [4.69, 9.17) is 9.26 Å². The quantitative estimate of drug-likeness (QED) is 0.227. The van der Waals surface area contributed by atoms with E-state index in [2.05, 4.69) is 4.74 Å². The SMILES string of the molecule is CCOC(=O)/C(=C\CCCC(=O)OC)CP(=O)(CC(C)C)OCC. The Bertz CT molecular complexity index is 470. The van der Waals surface area contributed by atoms with Gasteiger partial charge < -0.3 is 14.0 Å². The summed E-state index contributed by atoms with van der Waals surface area (Å²) in [7, 11) is -1.60. The fourth-order valence-corrected chi connectivity index (χ4v) is 4.96. The third-order valence-corrected chi connectivity index (χ3v) is 6.00. The number of rotatable bonds is 12. The monoisotopic (exact) mass is 362 g/mol. The number of allylic oxidation sites excluding steroid dienone is 1. The highest BCUT2D eigenvalue weighted by molar-refractivity contribution is 7.59. The molecule has 140 valence electrons. The Balaban J connectivity index is 5.06. The molecule has 1 unspecified atom stereocenters. The molecule has 0 N–H and O–H groups in total. The van der Waals surface area contributed by atoms with E-state index in [9.17, 15) is 14.2 Å². The Morgan fingerprint density at radius 3 is 2.33 bits per heavy atom. The van der Waals surface area contributed by atoms with Crippen molar-refractivity contribution in [3.8, 4) is 0 Å². The van der Waals surface area contributed by atoms with Crippen LogP contribution in [0, 0.1) is 5.92 Å². The van der Waals surface area contributed by atoms with Crippen LogP contribution in [-0.2, 0) is 28.2 Å². The molecule has 0 spiro atoms. The van der Waals surface area contributed by atoms with Crippen LogP contribution in [0.4, 0.5) is 0 Å². The van der Waals surface area contributed by atoms with Crippen LogP contribution in [0.5, 0.6) is 0 Å². The van der Waals surface area contributed by atoms with Crippen molar-refractivity contribution in [1.29, 1.82) is 0 Å². The topological polar surface area (TPSA) is 78.9 Å². The molecule has 7 heteroatoms. The summed E-state index contributed by atoms with van der Waals surface area (Å²) in [4.78, 5) is 23.3. The van der Waals surface area contributed by atoms with Crippen LogP contribution in [-0.4, -0.2) is 44.6 Å². The van der Waals surface area contributed by atoms with Crippen molar-refractivity contribution in [3.63, 3.8) is 0 Å². The van der Waals surface area contributed by atoms with Gasteiger partial charge in [-0.15, -0.1) is 0 Å². The van der Waals surface area contributed by atoms with Crippen LogP contribution >= 0.6 is 7.37 Å². The zero-order valence-electron chi connectivity index (χ0n) is 15.5. The van der Waals surface area contributed by atoms with Gasteiger partial charge in [-0.2, -0.15) is 0 Å². The molecule has 0 rings (SSSR count). The summed E-state index contributed by atoms with van der Waals surface area (Å²) in [5.41, 5.74) is 0.360. The summed E-state index contributed by atoms with van der Waals surface area (Å²) in [6, 6.07) is 0. The molecule has 0 saturated heterocycles. The highest BCUT2D eigenvalue weighted by Crippen LogP contribution is 2.50. The van der Waals surface area contributed by atoms with Crippen LogP contribution in [0.2, 0.25) is 0 Å². The number of unbranched alkanes of at least 4 members (excludes halogenated alkanes) is 1. The first-order valence-electron chi connectivity index (χ1n) is 8.43. The second kappa shape index (κ2) is 12.3. The molecule has 0 fully saturated rings. The Hall–Kier alpha value is -1.13. The Kier molecular flexibility index (Phi) is 11.7. The number of methoxy groups -OCH3 is 1. The summed E-state index contributed by atoms with van der Waals surface area (Å²) in [6.45, 7) is 8.04. The van der Waals surface area contributed by atoms with E-state index in [-0.39, 0.29) is 31.1 Å².